The topological polar surface area (TPSA) is 12.0 Å². The van der Waals surface area contributed by atoms with Gasteiger partial charge in [0, 0.05) is 12.2 Å². The van der Waals surface area contributed by atoms with Gasteiger partial charge in [0.05, 0.1) is 0 Å². The summed E-state index contributed by atoms with van der Waals surface area (Å²) < 4.78 is 0. The Morgan fingerprint density at radius 3 is 2.40 bits per heavy atom. The van der Waals surface area contributed by atoms with Gasteiger partial charge in [0.15, 0.2) is 0 Å². The zero-order chi connectivity index (χ0) is 11.7. The van der Waals surface area contributed by atoms with Crippen LogP contribution < -0.4 is 5.32 Å². The van der Waals surface area contributed by atoms with Crippen molar-refractivity contribution in [1.82, 2.24) is 5.32 Å². The summed E-state index contributed by atoms with van der Waals surface area (Å²) in [7, 11) is 0. The SMILES string of the molecule is C=C/C=C1/CCCN/C1=C/C.CC(C)C. The van der Waals surface area contributed by atoms with Crippen molar-refractivity contribution < 1.29 is 0 Å². The van der Waals surface area contributed by atoms with Crippen LogP contribution in [-0.4, -0.2) is 6.54 Å². The molecule has 1 heterocycles. The molecular weight excluding hydrogens is 182 g/mol. The minimum Gasteiger partial charge on any atom is -0.385 e. The van der Waals surface area contributed by atoms with Crippen LogP contribution in [0.15, 0.2) is 36.1 Å². The summed E-state index contributed by atoms with van der Waals surface area (Å²) >= 11 is 0. The monoisotopic (exact) mass is 207 g/mol. The van der Waals surface area contributed by atoms with E-state index in [-0.39, 0.29) is 0 Å². The summed E-state index contributed by atoms with van der Waals surface area (Å²) in [5.41, 5.74) is 2.66. The largest absolute Gasteiger partial charge is 0.385 e. The molecule has 1 aliphatic heterocycles. The first-order chi connectivity index (χ1) is 7.11. The molecule has 1 N–H and O–H groups in total. The molecule has 0 bridgehead atoms. The Bertz CT molecular complexity index is 231. The summed E-state index contributed by atoms with van der Waals surface area (Å²) in [5, 5.41) is 3.35. The van der Waals surface area contributed by atoms with Gasteiger partial charge in [0.1, 0.15) is 0 Å². The molecule has 0 saturated carbocycles. The second-order valence-electron chi connectivity index (χ2n) is 4.39. The van der Waals surface area contributed by atoms with Crippen LogP contribution in [0.25, 0.3) is 0 Å². The van der Waals surface area contributed by atoms with E-state index in [0.29, 0.717) is 0 Å². The van der Waals surface area contributed by atoms with Gasteiger partial charge in [-0.05, 0) is 31.3 Å². The van der Waals surface area contributed by atoms with Crippen LogP contribution in [0.5, 0.6) is 0 Å². The van der Waals surface area contributed by atoms with Gasteiger partial charge in [-0.15, -0.1) is 0 Å². The Kier molecular flexibility index (Phi) is 7.79. The maximum Gasteiger partial charge on any atom is 0.0329 e. The third kappa shape index (κ3) is 7.01. The normalized spacial score (nSPS) is 20.9. The molecule has 1 nitrogen and oxygen atoms in total. The van der Waals surface area contributed by atoms with E-state index < -0.39 is 0 Å². The molecule has 1 aliphatic rings. The van der Waals surface area contributed by atoms with Gasteiger partial charge in [-0.25, -0.2) is 0 Å². The summed E-state index contributed by atoms with van der Waals surface area (Å²) in [6.07, 6.45) is 8.47. The van der Waals surface area contributed by atoms with Gasteiger partial charge in [0.2, 0.25) is 0 Å². The first-order valence-corrected chi connectivity index (χ1v) is 5.84. The van der Waals surface area contributed by atoms with Crippen molar-refractivity contribution in [2.24, 2.45) is 5.92 Å². The number of nitrogens with one attached hydrogen (secondary N) is 1. The Morgan fingerprint density at radius 2 is 1.93 bits per heavy atom. The highest BCUT2D eigenvalue weighted by molar-refractivity contribution is 5.33. The fourth-order valence-electron chi connectivity index (χ4n) is 1.35. The number of piperidine rings is 1. The molecule has 15 heavy (non-hydrogen) atoms. The molecule has 0 atom stereocenters. The van der Waals surface area contributed by atoms with E-state index in [4.69, 9.17) is 0 Å². The quantitative estimate of drug-likeness (QED) is 0.684. The molecule has 86 valence electrons. The van der Waals surface area contributed by atoms with E-state index in [1.165, 1.54) is 24.1 Å². The second kappa shape index (κ2) is 8.34. The van der Waals surface area contributed by atoms with Gasteiger partial charge >= 0.3 is 0 Å². The predicted octanol–water partition coefficient (Wildman–Crippen LogP) is 4.05. The number of hydrogen-bond acceptors (Lipinski definition) is 1. The first-order valence-electron chi connectivity index (χ1n) is 5.84. The van der Waals surface area contributed by atoms with E-state index in [1.807, 2.05) is 6.08 Å². The lowest BCUT2D eigenvalue weighted by molar-refractivity contribution is 0.668. The van der Waals surface area contributed by atoms with Crippen molar-refractivity contribution in [3.8, 4) is 0 Å². The van der Waals surface area contributed by atoms with Crippen LogP contribution in [0, 0.1) is 5.92 Å². The third-order valence-electron chi connectivity index (χ3n) is 1.89. The molecule has 1 saturated heterocycles. The van der Waals surface area contributed by atoms with E-state index in [1.54, 1.807) is 0 Å². The molecule has 1 rings (SSSR count). The van der Waals surface area contributed by atoms with Gasteiger partial charge < -0.3 is 5.32 Å². The van der Waals surface area contributed by atoms with E-state index >= 15 is 0 Å². The Hall–Kier alpha value is -0.980. The van der Waals surface area contributed by atoms with Gasteiger partial charge in [-0.3, -0.25) is 0 Å². The maximum absolute atomic E-state index is 3.69. The van der Waals surface area contributed by atoms with Crippen LogP contribution in [0.1, 0.15) is 40.5 Å². The van der Waals surface area contributed by atoms with Crippen molar-refractivity contribution in [3.63, 3.8) is 0 Å². The molecule has 0 spiro atoms. The smallest absolute Gasteiger partial charge is 0.0329 e. The highest BCUT2D eigenvalue weighted by atomic mass is 14.9. The van der Waals surface area contributed by atoms with E-state index in [0.717, 1.165) is 12.5 Å². The van der Waals surface area contributed by atoms with Crippen LogP contribution >= 0.6 is 0 Å². The van der Waals surface area contributed by atoms with Crippen LogP contribution in [0.3, 0.4) is 0 Å². The molecule has 0 aromatic heterocycles. The van der Waals surface area contributed by atoms with Crippen molar-refractivity contribution in [2.75, 3.05) is 6.54 Å². The second-order valence-corrected chi connectivity index (χ2v) is 4.39. The lowest BCUT2D eigenvalue weighted by Crippen LogP contribution is -2.21. The molecule has 0 unspecified atom stereocenters. The minimum atomic E-state index is 0.833. The van der Waals surface area contributed by atoms with E-state index in [9.17, 15) is 0 Å². The minimum absolute atomic E-state index is 0.833. The predicted molar refractivity (Wildman–Crippen MR) is 69.8 cm³/mol. The summed E-state index contributed by atoms with van der Waals surface area (Å²) in [6.45, 7) is 13.4. The molecule has 1 heteroatoms. The zero-order valence-corrected chi connectivity index (χ0v) is 10.6. The van der Waals surface area contributed by atoms with Crippen LogP contribution in [-0.2, 0) is 0 Å². The van der Waals surface area contributed by atoms with Crippen molar-refractivity contribution in [3.05, 3.63) is 36.1 Å². The Morgan fingerprint density at radius 1 is 1.33 bits per heavy atom. The molecule has 0 aliphatic carbocycles. The highest BCUT2D eigenvalue weighted by Gasteiger charge is 2.07. The van der Waals surface area contributed by atoms with Gasteiger partial charge in [-0.1, -0.05) is 45.6 Å². The molecule has 0 aromatic carbocycles. The summed E-state index contributed by atoms with van der Waals surface area (Å²) in [4.78, 5) is 0. The lowest BCUT2D eigenvalue weighted by Gasteiger charge is -2.19. The molecule has 0 aromatic rings. The van der Waals surface area contributed by atoms with E-state index in [2.05, 4.69) is 51.7 Å². The van der Waals surface area contributed by atoms with Crippen molar-refractivity contribution in [1.29, 1.82) is 0 Å². The summed E-state index contributed by atoms with van der Waals surface area (Å²) in [6, 6.07) is 0. The number of allylic oxidation sites excluding steroid dienone is 4. The molecule has 0 radical (unpaired) electrons. The van der Waals surface area contributed by atoms with Crippen LogP contribution in [0.4, 0.5) is 0 Å². The van der Waals surface area contributed by atoms with Crippen molar-refractivity contribution in [2.45, 2.75) is 40.5 Å². The average molecular weight is 207 g/mol. The molecular formula is C14H25N. The van der Waals surface area contributed by atoms with Crippen LogP contribution in [0.2, 0.25) is 0 Å². The van der Waals surface area contributed by atoms with Crippen molar-refractivity contribution >= 4 is 0 Å². The summed E-state index contributed by atoms with van der Waals surface area (Å²) in [5.74, 6) is 0.833. The third-order valence-corrected chi connectivity index (χ3v) is 1.89. The average Bonchev–Trinajstić information content (AvgIpc) is 2.18. The molecule has 1 fully saturated rings. The first kappa shape index (κ1) is 14.0. The standard InChI is InChI=1S/C10H15N.C4H10/c1-3-6-9-7-5-8-11-10(9)4-2;1-4(2)3/h3-4,6,11H,1,5,7-8H2,2H3;4H,1-3H3/b9-6-,10-4+;. The number of rotatable bonds is 1. The Labute approximate surface area is 95.0 Å². The lowest BCUT2D eigenvalue weighted by atomic mass is 10.0. The maximum atomic E-state index is 3.69. The Balaban J connectivity index is 0.000000423. The fourth-order valence-corrected chi connectivity index (χ4v) is 1.35. The van der Waals surface area contributed by atoms with Gasteiger partial charge in [-0.2, -0.15) is 0 Å². The molecule has 0 amide bonds. The zero-order valence-electron chi connectivity index (χ0n) is 10.6. The number of hydrogen-bond donors (Lipinski definition) is 1. The van der Waals surface area contributed by atoms with Gasteiger partial charge in [0.25, 0.3) is 0 Å². The fraction of sp³-hybridized carbons (Fsp3) is 0.571. The highest BCUT2D eigenvalue weighted by Crippen LogP contribution is 2.17.